The summed E-state index contributed by atoms with van der Waals surface area (Å²) in [5.41, 5.74) is -1.39. The Hall–Kier alpha value is -0.863. The van der Waals surface area contributed by atoms with E-state index in [1.165, 1.54) is 6.42 Å². The van der Waals surface area contributed by atoms with Crippen molar-refractivity contribution in [1.29, 1.82) is 5.26 Å². The number of carbonyl (C=O) groups excluding carboxylic acids is 1. The van der Waals surface area contributed by atoms with Gasteiger partial charge in [-0.05, 0) is 39.4 Å². The molecule has 1 unspecified atom stereocenters. The van der Waals surface area contributed by atoms with Crippen molar-refractivity contribution in [1.82, 2.24) is 0 Å². The summed E-state index contributed by atoms with van der Waals surface area (Å²) in [6, 6.07) is 2.16. The highest BCUT2D eigenvalue weighted by atomic mass is 28.4. The summed E-state index contributed by atoms with van der Waals surface area (Å²) in [7, 11) is -2.01. The minimum atomic E-state index is -2.01. The molecule has 0 radical (unpaired) electrons. The summed E-state index contributed by atoms with van der Waals surface area (Å²) in [6.07, 6.45) is 5.03. The lowest BCUT2D eigenvalue weighted by atomic mass is 9.77. The van der Waals surface area contributed by atoms with E-state index in [-0.39, 0.29) is 12.5 Å². The Labute approximate surface area is 117 Å². The maximum Gasteiger partial charge on any atom is 0.352 e. The third-order valence-corrected chi connectivity index (χ3v) is 4.33. The molecule has 0 aliphatic heterocycles. The molecule has 0 aromatic rings. The molecule has 1 saturated carbocycles. The second-order valence-electron chi connectivity index (χ2n) is 6.12. The van der Waals surface area contributed by atoms with Crippen LogP contribution in [0.3, 0.4) is 0 Å². The molecule has 0 amide bonds. The Morgan fingerprint density at radius 1 is 1.32 bits per heavy atom. The highest BCUT2D eigenvalue weighted by Gasteiger charge is 2.51. The standard InChI is InChI=1S/C14H25NO3Si/c1-5-17-13(16)14(11-15,18-19(2,3)4)12-9-7-6-8-10-12/h12H,5-10H2,1-4H3. The predicted octanol–water partition coefficient (Wildman–Crippen LogP) is 3.24. The molecule has 0 heterocycles. The summed E-state index contributed by atoms with van der Waals surface area (Å²) < 4.78 is 11.2. The van der Waals surface area contributed by atoms with Gasteiger partial charge in [0.1, 0.15) is 6.07 Å². The normalized spacial score (nSPS) is 20.4. The average Bonchev–Trinajstić information content (AvgIpc) is 2.36. The number of esters is 1. The lowest BCUT2D eigenvalue weighted by Crippen LogP contribution is -2.54. The molecular formula is C14H25NO3Si. The quantitative estimate of drug-likeness (QED) is 0.574. The van der Waals surface area contributed by atoms with Crippen LogP contribution < -0.4 is 0 Å². The fourth-order valence-corrected chi connectivity index (χ4v) is 3.94. The molecule has 5 heteroatoms. The van der Waals surface area contributed by atoms with Gasteiger partial charge < -0.3 is 9.16 Å². The van der Waals surface area contributed by atoms with Crippen LogP contribution in [-0.4, -0.2) is 26.5 Å². The largest absolute Gasteiger partial charge is 0.463 e. The van der Waals surface area contributed by atoms with Gasteiger partial charge in [0, 0.05) is 5.92 Å². The number of hydrogen-bond donors (Lipinski definition) is 0. The zero-order valence-corrected chi connectivity index (χ0v) is 13.5. The number of rotatable bonds is 5. The van der Waals surface area contributed by atoms with Crippen LogP contribution in [0.15, 0.2) is 0 Å². The third-order valence-electron chi connectivity index (χ3n) is 3.39. The minimum absolute atomic E-state index is 0.0305. The molecule has 1 aliphatic carbocycles. The van der Waals surface area contributed by atoms with Crippen molar-refractivity contribution < 1.29 is 14.0 Å². The van der Waals surface area contributed by atoms with Gasteiger partial charge in [0.2, 0.25) is 5.60 Å². The minimum Gasteiger partial charge on any atom is -0.463 e. The zero-order valence-electron chi connectivity index (χ0n) is 12.5. The molecule has 0 aromatic carbocycles. The van der Waals surface area contributed by atoms with Crippen LogP contribution in [0, 0.1) is 17.2 Å². The first-order valence-electron chi connectivity index (χ1n) is 7.14. The highest BCUT2D eigenvalue weighted by Crippen LogP contribution is 2.37. The number of nitriles is 1. The molecule has 1 rings (SSSR count). The summed E-state index contributed by atoms with van der Waals surface area (Å²) in [5.74, 6) is -0.524. The Morgan fingerprint density at radius 3 is 2.32 bits per heavy atom. The molecule has 108 valence electrons. The second kappa shape index (κ2) is 6.53. The van der Waals surface area contributed by atoms with Crippen LogP contribution in [0.4, 0.5) is 0 Å². The number of nitrogens with zero attached hydrogens (tertiary/aromatic N) is 1. The van der Waals surface area contributed by atoms with Crippen LogP contribution >= 0.6 is 0 Å². The van der Waals surface area contributed by atoms with Crippen molar-refractivity contribution in [2.45, 2.75) is 64.3 Å². The van der Waals surface area contributed by atoms with E-state index in [4.69, 9.17) is 9.16 Å². The van der Waals surface area contributed by atoms with E-state index >= 15 is 0 Å². The first-order chi connectivity index (χ1) is 8.85. The van der Waals surface area contributed by atoms with E-state index in [0.29, 0.717) is 0 Å². The Balaban J connectivity index is 3.05. The van der Waals surface area contributed by atoms with Gasteiger partial charge in [0.15, 0.2) is 8.32 Å². The summed E-state index contributed by atoms with van der Waals surface area (Å²) in [5, 5.41) is 9.64. The van der Waals surface area contributed by atoms with E-state index in [2.05, 4.69) is 6.07 Å². The molecule has 1 atom stereocenters. The third kappa shape index (κ3) is 4.05. The van der Waals surface area contributed by atoms with Gasteiger partial charge in [0.05, 0.1) is 6.61 Å². The molecule has 0 bridgehead atoms. The number of hydrogen-bond acceptors (Lipinski definition) is 4. The molecule has 4 nitrogen and oxygen atoms in total. The zero-order chi connectivity index (χ0) is 14.5. The summed E-state index contributed by atoms with van der Waals surface area (Å²) in [6.45, 7) is 8.04. The molecule has 19 heavy (non-hydrogen) atoms. The van der Waals surface area contributed by atoms with Crippen molar-refractivity contribution in [3.63, 3.8) is 0 Å². The van der Waals surface area contributed by atoms with Crippen LogP contribution in [0.1, 0.15) is 39.0 Å². The maximum absolute atomic E-state index is 12.3. The van der Waals surface area contributed by atoms with Crippen LogP contribution in [0.2, 0.25) is 19.6 Å². The van der Waals surface area contributed by atoms with E-state index in [9.17, 15) is 10.1 Å². The fourth-order valence-electron chi connectivity index (χ4n) is 2.68. The monoisotopic (exact) mass is 283 g/mol. The summed E-state index contributed by atoms with van der Waals surface area (Å²) >= 11 is 0. The first kappa shape index (κ1) is 16.2. The number of ether oxygens (including phenoxy) is 1. The molecular weight excluding hydrogens is 258 g/mol. The highest BCUT2D eigenvalue weighted by molar-refractivity contribution is 6.70. The Bertz CT molecular complexity index is 353. The van der Waals surface area contributed by atoms with Gasteiger partial charge in [0.25, 0.3) is 0 Å². The van der Waals surface area contributed by atoms with Crippen molar-refractivity contribution in [3.8, 4) is 6.07 Å². The van der Waals surface area contributed by atoms with Crippen LogP contribution in [0.5, 0.6) is 0 Å². The average molecular weight is 283 g/mol. The molecule has 0 N–H and O–H groups in total. The molecule has 1 aliphatic rings. The van der Waals surface area contributed by atoms with Crippen molar-refractivity contribution in [2.75, 3.05) is 6.61 Å². The first-order valence-corrected chi connectivity index (χ1v) is 10.5. The lowest BCUT2D eigenvalue weighted by molar-refractivity contribution is -0.162. The van der Waals surface area contributed by atoms with Crippen molar-refractivity contribution >= 4 is 14.3 Å². The molecule has 0 aromatic heterocycles. The molecule has 0 spiro atoms. The second-order valence-corrected chi connectivity index (χ2v) is 10.5. The molecule has 0 saturated heterocycles. The lowest BCUT2D eigenvalue weighted by Gasteiger charge is -2.39. The van der Waals surface area contributed by atoms with Gasteiger partial charge in [-0.3, -0.25) is 0 Å². The molecule has 1 fully saturated rings. The van der Waals surface area contributed by atoms with Crippen molar-refractivity contribution in [3.05, 3.63) is 0 Å². The van der Waals surface area contributed by atoms with E-state index in [1.54, 1.807) is 6.92 Å². The van der Waals surface area contributed by atoms with E-state index < -0.39 is 19.9 Å². The van der Waals surface area contributed by atoms with E-state index in [0.717, 1.165) is 25.7 Å². The Kier molecular flexibility index (Phi) is 5.57. The maximum atomic E-state index is 12.3. The van der Waals surface area contributed by atoms with Crippen molar-refractivity contribution in [2.24, 2.45) is 5.92 Å². The fraction of sp³-hybridized carbons (Fsp3) is 0.857. The topological polar surface area (TPSA) is 59.3 Å². The SMILES string of the molecule is CCOC(=O)C(C#N)(O[Si](C)(C)C)C1CCCCC1. The van der Waals surface area contributed by atoms with Crippen LogP contribution in [0.25, 0.3) is 0 Å². The predicted molar refractivity (Wildman–Crippen MR) is 76.0 cm³/mol. The summed E-state index contributed by atoms with van der Waals surface area (Å²) in [4.78, 5) is 12.3. The number of carbonyl (C=O) groups is 1. The van der Waals surface area contributed by atoms with Gasteiger partial charge >= 0.3 is 5.97 Å². The van der Waals surface area contributed by atoms with Gasteiger partial charge in [-0.1, -0.05) is 19.3 Å². The van der Waals surface area contributed by atoms with E-state index in [1.807, 2.05) is 19.6 Å². The van der Waals surface area contributed by atoms with Gasteiger partial charge in [-0.15, -0.1) is 0 Å². The van der Waals surface area contributed by atoms with Gasteiger partial charge in [-0.25, -0.2) is 4.79 Å². The smallest absolute Gasteiger partial charge is 0.352 e. The van der Waals surface area contributed by atoms with Crippen LogP contribution in [-0.2, 0) is 14.0 Å². The van der Waals surface area contributed by atoms with Gasteiger partial charge in [-0.2, -0.15) is 5.26 Å². The Morgan fingerprint density at radius 2 is 1.89 bits per heavy atom.